The fraction of sp³-hybridized carbons (Fsp3) is 0.333. The van der Waals surface area contributed by atoms with Crippen molar-refractivity contribution < 1.29 is 14.3 Å². The second-order valence-electron chi connectivity index (χ2n) is 7.00. The van der Waals surface area contributed by atoms with E-state index in [0.717, 1.165) is 22.6 Å². The Morgan fingerprint density at radius 1 is 1.07 bits per heavy atom. The topological polar surface area (TPSA) is 91.2 Å². The first kappa shape index (κ1) is 20.3. The van der Waals surface area contributed by atoms with Gasteiger partial charge >= 0.3 is 0 Å². The summed E-state index contributed by atoms with van der Waals surface area (Å²) in [5, 5.41) is 15.1. The quantitative estimate of drug-likeness (QED) is 0.599. The first-order chi connectivity index (χ1) is 14.0. The van der Waals surface area contributed by atoms with E-state index in [1.165, 1.54) is 4.80 Å². The number of carbonyl (C=O) groups excluding carboxylic acids is 1. The number of aromatic nitrogens is 4. The number of carbonyl (C=O) groups is 1. The van der Waals surface area contributed by atoms with E-state index in [-0.39, 0.29) is 12.5 Å². The summed E-state index contributed by atoms with van der Waals surface area (Å²) in [5.74, 6) is 2.31. The largest absolute Gasteiger partial charge is 0.497 e. The van der Waals surface area contributed by atoms with Crippen LogP contribution in [0.5, 0.6) is 11.5 Å². The number of hydrogen-bond acceptors (Lipinski definition) is 6. The molecule has 3 rings (SSSR count). The molecule has 0 saturated heterocycles. The van der Waals surface area contributed by atoms with Crippen LogP contribution in [-0.4, -0.2) is 39.8 Å². The van der Waals surface area contributed by atoms with Gasteiger partial charge in [0.05, 0.1) is 13.7 Å². The molecule has 0 spiro atoms. The molecule has 0 atom stereocenters. The third kappa shape index (κ3) is 6.03. The van der Waals surface area contributed by atoms with Gasteiger partial charge in [0.25, 0.3) is 0 Å². The minimum absolute atomic E-state index is 0.00125. The lowest BCUT2D eigenvalue weighted by molar-refractivity contribution is -0.122. The van der Waals surface area contributed by atoms with E-state index in [2.05, 4.69) is 34.6 Å². The smallest absolute Gasteiger partial charge is 0.243 e. The predicted octanol–water partition coefficient (Wildman–Crippen LogP) is 2.70. The normalized spacial score (nSPS) is 10.8. The number of benzene rings is 2. The van der Waals surface area contributed by atoms with Gasteiger partial charge in [0, 0.05) is 12.1 Å². The molecule has 1 N–H and O–H groups in total. The minimum Gasteiger partial charge on any atom is -0.497 e. The van der Waals surface area contributed by atoms with Gasteiger partial charge in [0.2, 0.25) is 11.7 Å². The van der Waals surface area contributed by atoms with E-state index < -0.39 is 0 Å². The third-order valence-corrected chi connectivity index (χ3v) is 4.08. The fourth-order valence-electron chi connectivity index (χ4n) is 2.52. The van der Waals surface area contributed by atoms with Crippen LogP contribution in [0.3, 0.4) is 0 Å². The van der Waals surface area contributed by atoms with Gasteiger partial charge in [-0.15, -0.1) is 10.2 Å². The Labute approximate surface area is 169 Å². The first-order valence-corrected chi connectivity index (χ1v) is 9.44. The highest BCUT2D eigenvalue weighted by molar-refractivity contribution is 5.75. The molecule has 0 aliphatic carbocycles. The number of ether oxygens (including phenoxy) is 2. The maximum atomic E-state index is 12.1. The van der Waals surface area contributed by atoms with E-state index in [1.54, 1.807) is 7.11 Å². The molecule has 0 radical (unpaired) electrons. The highest BCUT2D eigenvalue weighted by atomic mass is 16.5. The van der Waals surface area contributed by atoms with Crippen LogP contribution in [0.4, 0.5) is 0 Å². The molecule has 0 bridgehead atoms. The second-order valence-corrected chi connectivity index (χ2v) is 7.00. The highest BCUT2D eigenvalue weighted by Gasteiger charge is 2.10. The van der Waals surface area contributed by atoms with Crippen LogP contribution >= 0.6 is 0 Å². The van der Waals surface area contributed by atoms with Crippen LogP contribution in [0.2, 0.25) is 0 Å². The van der Waals surface area contributed by atoms with Crippen LogP contribution in [-0.2, 0) is 17.9 Å². The van der Waals surface area contributed by atoms with Gasteiger partial charge in [-0.2, -0.15) is 4.80 Å². The van der Waals surface area contributed by atoms with Crippen molar-refractivity contribution in [2.24, 2.45) is 5.92 Å². The number of methoxy groups -OCH3 is 1. The maximum Gasteiger partial charge on any atom is 0.243 e. The van der Waals surface area contributed by atoms with E-state index in [4.69, 9.17) is 9.47 Å². The average molecular weight is 395 g/mol. The molecule has 0 unspecified atom stereocenters. The zero-order valence-electron chi connectivity index (χ0n) is 16.8. The number of tetrazole rings is 1. The molecule has 1 heterocycles. The molecule has 2 aromatic carbocycles. The summed E-state index contributed by atoms with van der Waals surface area (Å²) in [6, 6.07) is 15.0. The molecule has 3 aromatic rings. The molecule has 0 fully saturated rings. The van der Waals surface area contributed by atoms with Gasteiger partial charge in [-0.25, -0.2) is 0 Å². The van der Waals surface area contributed by atoms with Gasteiger partial charge in [0.1, 0.15) is 18.0 Å². The maximum absolute atomic E-state index is 12.1. The Morgan fingerprint density at radius 2 is 1.76 bits per heavy atom. The lowest BCUT2D eigenvalue weighted by Crippen LogP contribution is -2.28. The predicted molar refractivity (Wildman–Crippen MR) is 108 cm³/mol. The third-order valence-electron chi connectivity index (χ3n) is 4.08. The summed E-state index contributed by atoms with van der Waals surface area (Å²) in [5.41, 5.74) is 1.79. The van der Waals surface area contributed by atoms with Gasteiger partial charge in [-0.1, -0.05) is 26.0 Å². The van der Waals surface area contributed by atoms with E-state index >= 15 is 0 Å². The molecule has 8 heteroatoms. The number of nitrogens with zero attached hydrogens (tertiary/aromatic N) is 4. The lowest BCUT2D eigenvalue weighted by atomic mass is 10.2. The summed E-state index contributed by atoms with van der Waals surface area (Å²) in [6.45, 7) is 5.29. The summed E-state index contributed by atoms with van der Waals surface area (Å²) >= 11 is 0. The molecule has 8 nitrogen and oxygen atoms in total. The second kappa shape index (κ2) is 9.68. The van der Waals surface area contributed by atoms with Crippen molar-refractivity contribution in [1.82, 2.24) is 25.5 Å². The van der Waals surface area contributed by atoms with Crippen molar-refractivity contribution in [3.8, 4) is 22.9 Å². The standard InChI is InChI=1S/C21H25N5O3/c1-15(2)14-29-19-10-6-17(7-11-19)21-23-25-26(24-21)13-20(27)22-12-16-4-8-18(28-3)9-5-16/h4-11,15H,12-14H2,1-3H3,(H,22,27). The van der Waals surface area contributed by atoms with Crippen LogP contribution in [0.15, 0.2) is 48.5 Å². The Bertz CT molecular complexity index is 920. The van der Waals surface area contributed by atoms with Gasteiger partial charge in [0.15, 0.2) is 0 Å². The molecule has 29 heavy (non-hydrogen) atoms. The summed E-state index contributed by atoms with van der Waals surface area (Å²) in [6.07, 6.45) is 0. The van der Waals surface area contributed by atoms with Crippen LogP contribution in [0, 0.1) is 5.92 Å². The molecule has 0 aliphatic rings. The van der Waals surface area contributed by atoms with Gasteiger partial charge in [-0.3, -0.25) is 4.79 Å². The highest BCUT2D eigenvalue weighted by Crippen LogP contribution is 2.19. The van der Waals surface area contributed by atoms with E-state index in [1.807, 2.05) is 48.5 Å². The fourth-order valence-corrected chi connectivity index (χ4v) is 2.52. The summed E-state index contributed by atoms with van der Waals surface area (Å²) in [4.78, 5) is 13.4. The van der Waals surface area contributed by atoms with Gasteiger partial charge in [-0.05, 0) is 53.1 Å². The number of hydrogen-bond donors (Lipinski definition) is 1. The number of amides is 1. The molecular weight excluding hydrogens is 370 g/mol. The molecule has 0 saturated carbocycles. The zero-order chi connectivity index (χ0) is 20.6. The molecular formula is C21H25N5O3. The Kier molecular flexibility index (Phi) is 6.78. The SMILES string of the molecule is COc1ccc(CNC(=O)Cn2nnc(-c3ccc(OCC(C)C)cc3)n2)cc1. The molecule has 1 amide bonds. The van der Waals surface area contributed by atoms with E-state index in [0.29, 0.717) is 24.9 Å². The van der Waals surface area contributed by atoms with Crippen LogP contribution < -0.4 is 14.8 Å². The molecule has 0 aliphatic heterocycles. The van der Waals surface area contributed by atoms with Crippen molar-refractivity contribution in [2.45, 2.75) is 26.9 Å². The Hall–Kier alpha value is -3.42. The molecule has 1 aromatic heterocycles. The average Bonchev–Trinajstić information content (AvgIpc) is 3.20. The van der Waals surface area contributed by atoms with Crippen LogP contribution in [0.25, 0.3) is 11.4 Å². The summed E-state index contributed by atoms with van der Waals surface area (Å²) < 4.78 is 10.8. The monoisotopic (exact) mass is 395 g/mol. The Balaban J connectivity index is 1.52. The zero-order valence-corrected chi connectivity index (χ0v) is 16.8. The van der Waals surface area contributed by atoms with Crippen molar-refractivity contribution in [3.63, 3.8) is 0 Å². The minimum atomic E-state index is -0.192. The lowest BCUT2D eigenvalue weighted by Gasteiger charge is -2.08. The first-order valence-electron chi connectivity index (χ1n) is 9.44. The van der Waals surface area contributed by atoms with Crippen molar-refractivity contribution in [2.75, 3.05) is 13.7 Å². The van der Waals surface area contributed by atoms with Gasteiger partial charge < -0.3 is 14.8 Å². The van der Waals surface area contributed by atoms with Crippen LogP contribution in [0.1, 0.15) is 19.4 Å². The molecule has 152 valence electrons. The summed E-state index contributed by atoms with van der Waals surface area (Å²) in [7, 11) is 1.62. The van der Waals surface area contributed by atoms with Crippen molar-refractivity contribution >= 4 is 5.91 Å². The number of rotatable bonds is 9. The van der Waals surface area contributed by atoms with Crippen molar-refractivity contribution in [1.29, 1.82) is 0 Å². The Morgan fingerprint density at radius 3 is 2.41 bits per heavy atom. The number of nitrogens with one attached hydrogen (secondary N) is 1. The van der Waals surface area contributed by atoms with E-state index in [9.17, 15) is 4.79 Å². The van der Waals surface area contributed by atoms with Crippen molar-refractivity contribution in [3.05, 3.63) is 54.1 Å².